The Morgan fingerprint density at radius 3 is 2.96 bits per heavy atom. The van der Waals surface area contributed by atoms with Gasteiger partial charge in [0.2, 0.25) is 5.91 Å². The number of carbonyl (C=O) groups excluding carboxylic acids is 1. The molecule has 1 aliphatic carbocycles. The molecule has 3 nitrogen and oxygen atoms in total. The molecule has 0 radical (unpaired) electrons. The van der Waals surface area contributed by atoms with Crippen LogP contribution >= 0.6 is 0 Å². The van der Waals surface area contributed by atoms with E-state index in [4.69, 9.17) is 4.74 Å². The third kappa shape index (κ3) is 4.13. The van der Waals surface area contributed by atoms with Crippen molar-refractivity contribution in [2.24, 2.45) is 0 Å². The second-order valence-electron chi connectivity index (χ2n) is 6.15. The first-order chi connectivity index (χ1) is 11.2. The molecule has 2 aromatic carbocycles. The number of aryl methyl sites for hydroxylation is 2. The van der Waals surface area contributed by atoms with Gasteiger partial charge >= 0.3 is 0 Å². The molecule has 0 aromatic heterocycles. The van der Waals surface area contributed by atoms with Crippen LogP contribution in [0, 0.1) is 6.92 Å². The van der Waals surface area contributed by atoms with Gasteiger partial charge in [0.25, 0.3) is 0 Å². The van der Waals surface area contributed by atoms with Crippen LogP contribution in [0.15, 0.2) is 48.5 Å². The molecule has 0 saturated carbocycles. The summed E-state index contributed by atoms with van der Waals surface area (Å²) in [6, 6.07) is 16.4. The third-order valence-corrected chi connectivity index (χ3v) is 4.37. The van der Waals surface area contributed by atoms with Crippen LogP contribution in [0.25, 0.3) is 0 Å². The average Bonchev–Trinajstić information content (AvgIpc) is 2.95. The molecule has 1 amide bonds. The van der Waals surface area contributed by atoms with Gasteiger partial charge in [0.1, 0.15) is 12.4 Å². The number of fused-ring (bicyclic) bond motifs is 1. The van der Waals surface area contributed by atoms with Crippen molar-refractivity contribution in [3.8, 4) is 5.75 Å². The van der Waals surface area contributed by atoms with Gasteiger partial charge in [0.05, 0.1) is 6.54 Å². The van der Waals surface area contributed by atoms with E-state index in [1.165, 1.54) is 16.7 Å². The van der Waals surface area contributed by atoms with Crippen molar-refractivity contribution in [3.63, 3.8) is 0 Å². The lowest BCUT2D eigenvalue weighted by atomic mass is 9.97. The maximum absolute atomic E-state index is 12.1. The van der Waals surface area contributed by atoms with Crippen molar-refractivity contribution >= 4 is 5.91 Å². The minimum atomic E-state index is 0.111. The summed E-state index contributed by atoms with van der Waals surface area (Å²) in [7, 11) is 0. The number of benzene rings is 2. The number of nitrogens with one attached hydrogen (secondary N) is 1. The van der Waals surface area contributed by atoms with Gasteiger partial charge in [0, 0.05) is 6.42 Å². The molecule has 1 N–H and O–H groups in total. The maximum Gasteiger partial charge on any atom is 0.220 e. The van der Waals surface area contributed by atoms with E-state index < -0.39 is 0 Å². The minimum absolute atomic E-state index is 0.111. The summed E-state index contributed by atoms with van der Waals surface area (Å²) in [5, 5.41) is 2.96. The molecule has 3 rings (SSSR count). The van der Waals surface area contributed by atoms with E-state index >= 15 is 0 Å². The summed E-state index contributed by atoms with van der Waals surface area (Å²) in [5.74, 6) is 1.33. The van der Waals surface area contributed by atoms with Gasteiger partial charge in [-0.1, -0.05) is 36.4 Å². The average molecular weight is 309 g/mol. The SMILES string of the molecule is Cc1cccc(OCCNC(=O)CC2CCc3ccccc32)c1. The van der Waals surface area contributed by atoms with E-state index in [-0.39, 0.29) is 5.91 Å². The van der Waals surface area contributed by atoms with Gasteiger partial charge in [-0.15, -0.1) is 0 Å². The van der Waals surface area contributed by atoms with Crippen molar-refractivity contribution in [1.82, 2.24) is 5.32 Å². The Labute approximate surface area is 137 Å². The van der Waals surface area contributed by atoms with Crippen LogP contribution in [0.2, 0.25) is 0 Å². The predicted molar refractivity (Wildman–Crippen MR) is 91.8 cm³/mol. The summed E-state index contributed by atoms with van der Waals surface area (Å²) < 4.78 is 5.65. The van der Waals surface area contributed by atoms with E-state index in [1.807, 2.05) is 31.2 Å². The molecule has 1 aliphatic rings. The van der Waals surface area contributed by atoms with Crippen molar-refractivity contribution in [1.29, 1.82) is 0 Å². The second kappa shape index (κ2) is 7.32. The van der Waals surface area contributed by atoms with E-state index in [2.05, 4.69) is 29.6 Å². The number of ether oxygens (including phenoxy) is 1. The number of amides is 1. The van der Waals surface area contributed by atoms with E-state index in [0.29, 0.717) is 25.5 Å². The molecular weight excluding hydrogens is 286 g/mol. The first-order valence-corrected chi connectivity index (χ1v) is 8.26. The standard InChI is InChI=1S/C20H23NO2/c1-15-5-4-7-18(13-15)23-12-11-21-20(22)14-17-10-9-16-6-2-3-8-19(16)17/h2-8,13,17H,9-12,14H2,1H3,(H,21,22). The largest absolute Gasteiger partial charge is 0.492 e. The normalized spacial score (nSPS) is 16.0. The molecule has 23 heavy (non-hydrogen) atoms. The lowest BCUT2D eigenvalue weighted by Gasteiger charge is -2.12. The molecule has 1 atom stereocenters. The molecule has 0 spiro atoms. The maximum atomic E-state index is 12.1. The molecule has 0 heterocycles. The Hall–Kier alpha value is -2.29. The highest BCUT2D eigenvalue weighted by Gasteiger charge is 2.23. The van der Waals surface area contributed by atoms with Gasteiger partial charge in [-0.25, -0.2) is 0 Å². The van der Waals surface area contributed by atoms with Gasteiger partial charge in [-0.05, 0) is 54.5 Å². The first kappa shape index (κ1) is 15.6. The summed E-state index contributed by atoms with van der Waals surface area (Å²) in [5.41, 5.74) is 3.91. The van der Waals surface area contributed by atoms with E-state index in [0.717, 1.165) is 18.6 Å². The van der Waals surface area contributed by atoms with Crippen LogP contribution in [0.3, 0.4) is 0 Å². The number of carbonyl (C=O) groups is 1. The molecule has 0 aliphatic heterocycles. The van der Waals surface area contributed by atoms with Crippen LogP contribution in [0.1, 0.15) is 35.4 Å². The summed E-state index contributed by atoms with van der Waals surface area (Å²) in [6.07, 6.45) is 2.73. The van der Waals surface area contributed by atoms with Gasteiger partial charge < -0.3 is 10.1 Å². The van der Waals surface area contributed by atoms with Crippen LogP contribution in [0.5, 0.6) is 5.75 Å². The fraction of sp³-hybridized carbons (Fsp3) is 0.350. The summed E-state index contributed by atoms with van der Waals surface area (Å²) in [6.45, 7) is 3.08. The highest BCUT2D eigenvalue weighted by molar-refractivity contribution is 5.77. The Balaban J connectivity index is 1.41. The lowest BCUT2D eigenvalue weighted by molar-refractivity contribution is -0.121. The molecule has 0 saturated heterocycles. The molecular formula is C20H23NO2. The Morgan fingerprint density at radius 1 is 1.22 bits per heavy atom. The second-order valence-corrected chi connectivity index (χ2v) is 6.15. The van der Waals surface area contributed by atoms with Crippen LogP contribution in [-0.2, 0) is 11.2 Å². The van der Waals surface area contributed by atoms with Crippen molar-refractivity contribution < 1.29 is 9.53 Å². The van der Waals surface area contributed by atoms with E-state index in [9.17, 15) is 4.79 Å². The fourth-order valence-electron chi connectivity index (χ4n) is 3.22. The highest BCUT2D eigenvalue weighted by atomic mass is 16.5. The number of hydrogen-bond acceptors (Lipinski definition) is 2. The third-order valence-electron chi connectivity index (χ3n) is 4.37. The Bertz CT molecular complexity index is 681. The monoisotopic (exact) mass is 309 g/mol. The summed E-state index contributed by atoms with van der Waals surface area (Å²) in [4.78, 5) is 12.1. The van der Waals surface area contributed by atoms with Crippen molar-refractivity contribution in [2.75, 3.05) is 13.2 Å². The van der Waals surface area contributed by atoms with E-state index in [1.54, 1.807) is 0 Å². The lowest BCUT2D eigenvalue weighted by Crippen LogP contribution is -2.29. The van der Waals surface area contributed by atoms with Crippen molar-refractivity contribution in [2.45, 2.75) is 32.1 Å². The smallest absolute Gasteiger partial charge is 0.220 e. The van der Waals surface area contributed by atoms with Gasteiger partial charge in [0.15, 0.2) is 0 Å². The molecule has 3 heteroatoms. The zero-order valence-corrected chi connectivity index (χ0v) is 13.5. The first-order valence-electron chi connectivity index (χ1n) is 8.26. The minimum Gasteiger partial charge on any atom is -0.492 e. The topological polar surface area (TPSA) is 38.3 Å². The Morgan fingerprint density at radius 2 is 2.09 bits per heavy atom. The zero-order valence-electron chi connectivity index (χ0n) is 13.5. The number of hydrogen-bond donors (Lipinski definition) is 1. The number of rotatable bonds is 6. The van der Waals surface area contributed by atoms with Gasteiger partial charge in [-0.3, -0.25) is 4.79 Å². The quantitative estimate of drug-likeness (QED) is 0.828. The molecule has 120 valence electrons. The molecule has 0 bridgehead atoms. The molecule has 2 aromatic rings. The summed E-state index contributed by atoms with van der Waals surface area (Å²) >= 11 is 0. The van der Waals surface area contributed by atoms with Crippen molar-refractivity contribution in [3.05, 3.63) is 65.2 Å². The Kier molecular flexibility index (Phi) is 4.96. The predicted octanol–water partition coefficient (Wildman–Crippen LogP) is 3.61. The van der Waals surface area contributed by atoms with Crippen LogP contribution < -0.4 is 10.1 Å². The van der Waals surface area contributed by atoms with Gasteiger partial charge in [-0.2, -0.15) is 0 Å². The molecule has 0 fully saturated rings. The highest BCUT2D eigenvalue weighted by Crippen LogP contribution is 2.34. The van der Waals surface area contributed by atoms with Crippen LogP contribution in [0.4, 0.5) is 0 Å². The van der Waals surface area contributed by atoms with Crippen LogP contribution in [-0.4, -0.2) is 19.1 Å². The zero-order chi connectivity index (χ0) is 16.1. The molecule has 1 unspecified atom stereocenters. The fourth-order valence-corrected chi connectivity index (χ4v) is 3.22.